The van der Waals surface area contributed by atoms with Gasteiger partial charge in [-0.05, 0) is 18.2 Å². The number of alkyl halides is 7. The Bertz CT molecular complexity index is 556. The Morgan fingerprint density at radius 3 is 2.00 bits per heavy atom. The van der Waals surface area contributed by atoms with E-state index < -0.39 is 40.5 Å². The monoisotopic (exact) mass is 341 g/mol. The van der Waals surface area contributed by atoms with Gasteiger partial charge in [0.1, 0.15) is 5.82 Å². The third-order valence-electron chi connectivity index (χ3n) is 2.21. The van der Waals surface area contributed by atoms with Crippen LogP contribution in [0.25, 0.3) is 0 Å². The maximum absolute atomic E-state index is 13.0. The smallest absolute Gasteiger partial charge is 0.321 e. The summed E-state index contributed by atoms with van der Waals surface area (Å²) in [5, 5.41) is 0.454. The van der Waals surface area contributed by atoms with Gasteiger partial charge in [0.25, 0.3) is 0 Å². The molecule has 0 aliphatic heterocycles. The third-order valence-corrected chi connectivity index (χ3v) is 2.50. The van der Waals surface area contributed by atoms with E-state index in [-0.39, 0.29) is 0 Å². The third kappa shape index (κ3) is 3.20. The summed E-state index contributed by atoms with van der Waals surface area (Å²) in [4.78, 5) is 10.9. The topological polar surface area (TPSA) is 29.1 Å². The molecule has 0 aliphatic carbocycles. The Morgan fingerprint density at radius 2 is 1.57 bits per heavy atom. The molecule has 0 atom stereocenters. The average Bonchev–Trinajstić information content (AvgIpc) is 2.32. The normalized spacial score (nSPS) is 13.2. The van der Waals surface area contributed by atoms with Gasteiger partial charge in [-0.25, -0.2) is 4.39 Å². The van der Waals surface area contributed by atoms with Crippen molar-refractivity contribution in [3.8, 4) is 0 Å². The summed E-state index contributed by atoms with van der Waals surface area (Å²) in [7, 11) is 0. The first kappa shape index (κ1) is 17.5. The van der Waals surface area contributed by atoms with Crippen molar-refractivity contribution in [2.24, 2.45) is 0 Å². The summed E-state index contributed by atoms with van der Waals surface area (Å²) < 4.78 is 99.4. The molecule has 1 aromatic rings. The van der Waals surface area contributed by atoms with E-state index in [0.717, 1.165) is 5.32 Å². The van der Waals surface area contributed by atoms with Crippen molar-refractivity contribution >= 4 is 23.2 Å². The fraction of sp³-hybridized carbons (Fsp3) is 0.300. The summed E-state index contributed by atoms with van der Waals surface area (Å²) in [6.45, 7) is 0. The van der Waals surface area contributed by atoms with Crippen molar-refractivity contribution < 1.29 is 39.9 Å². The van der Waals surface area contributed by atoms with Gasteiger partial charge in [-0.1, -0.05) is 11.6 Å². The summed E-state index contributed by atoms with van der Waals surface area (Å²) in [6.07, 6.45) is -6.63. The van der Waals surface area contributed by atoms with Crippen molar-refractivity contribution in [2.75, 3.05) is 5.32 Å². The largest absolute Gasteiger partial charge is 0.460 e. The van der Waals surface area contributed by atoms with E-state index >= 15 is 0 Å². The molecule has 1 N–H and O–H groups in total. The van der Waals surface area contributed by atoms with Crippen LogP contribution in [0.4, 0.5) is 40.8 Å². The summed E-state index contributed by atoms with van der Waals surface area (Å²) in [5.41, 5.74) is -0.677. The molecule has 1 amide bonds. The van der Waals surface area contributed by atoms with Gasteiger partial charge < -0.3 is 5.32 Å². The molecular formula is C10H4ClF8NO. The van der Waals surface area contributed by atoms with Gasteiger partial charge in [-0.2, -0.15) is 30.7 Å². The number of rotatable bonds is 3. The van der Waals surface area contributed by atoms with Crippen molar-refractivity contribution in [3.05, 3.63) is 29.0 Å². The van der Waals surface area contributed by atoms with Gasteiger partial charge in [0.05, 0.1) is 5.02 Å². The molecule has 0 bridgehead atoms. The zero-order chi connectivity index (χ0) is 16.6. The zero-order valence-corrected chi connectivity index (χ0v) is 10.3. The minimum Gasteiger partial charge on any atom is -0.321 e. The highest BCUT2D eigenvalue weighted by Gasteiger charge is 2.76. The standard InChI is InChI=1S/C10H4ClF8NO/c11-5-3-4(1-2-6(5)12)20-7(21)8(13,14)9(15,16)10(17,18)19/h1-3H,(H,20,21). The summed E-state index contributed by atoms with van der Waals surface area (Å²) in [5.74, 6) is -16.6. The van der Waals surface area contributed by atoms with Crippen LogP contribution in [0.5, 0.6) is 0 Å². The van der Waals surface area contributed by atoms with E-state index in [9.17, 15) is 39.9 Å². The number of hydrogen-bond acceptors (Lipinski definition) is 1. The minimum absolute atomic E-state index is 0.566. The van der Waals surface area contributed by atoms with Crippen LogP contribution in [0.3, 0.4) is 0 Å². The van der Waals surface area contributed by atoms with Crippen LogP contribution < -0.4 is 5.32 Å². The Labute approximate surface area is 116 Å². The lowest BCUT2D eigenvalue weighted by Gasteiger charge is -2.27. The zero-order valence-electron chi connectivity index (χ0n) is 9.54. The summed E-state index contributed by atoms with van der Waals surface area (Å²) >= 11 is 5.23. The predicted molar refractivity (Wildman–Crippen MR) is 56.0 cm³/mol. The number of carbonyl (C=O) groups is 1. The molecule has 118 valence electrons. The minimum atomic E-state index is -6.63. The first-order valence-corrected chi connectivity index (χ1v) is 5.27. The highest BCUT2D eigenvalue weighted by molar-refractivity contribution is 6.31. The molecule has 1 aromatic carbocycles. The molecule has 2 nitrogen and oxygen atoms in total. The van der Waals surface area contributed by atoms with E-state index in [1.807, 2.05) is 0 Å². The second-order valence-corrected chi connectivity index (χ2v) is 4.14. The van der Waals surface area contributed by atoms with E-state index in [1.54, 1.807) is 0 Å². The molecule has 0 heterocycles. The Morgan fingerprint density at radius 1 is 1.05 bits per heavy atom. The molecule has 0 radical (unpaired) electrons. The maximum Gasteiger partial charge on any atom is 0.460 e. The van der Waals surface area contributed by atoms with Crippen LogP contribution >= 0.6 is 11.6 Å². The van der Waals surface area contributed by atoms with Gasteiger partial charge in [-0.3, -0.25) is 4.79 Å². The van der Waals surface area contributed by atoms with Crippen molar-refractivity contribution in [3.63, 3.8) is 0 Å². The van der Waals surface area contributed by atoms with Gasteiger partial charge in [0.2, 0.25) is 0 Å². The van der Waals surface area contributed by atoms with Crippen molar-refractivity contribution in [1.82, 2.24) is 0 Å². The lowest BCUT2D eigenvalue weighted by molar-refractivity contribution is -0.343. The van der Waals surface area contributed by atoms with E-state index in [0.29, 0.717) is 18.2 Å². The molecule has 0 fully saturated rings. The van der Waals surface area contributed by atoms with Crippen LogP contribution in [0, 0.1) is 5.82 Å². The van der Waals surface area contributed by atoms with Crippen LogP contribution in [-0.2, 0) is 4.79 Å². The van der Waals surface area contributed by atoms with Gasteiger partial charge in [0, 0.05) is 5.69 Å². The van der Waals surface area contributed by atoms with E-state index in [1.165, 1.54) is 0 Å². The van der Waals surface area contributed by atoms with Gasteiger partial charge in [-0.15, -0.1) is 0 Å². The maximum atomic E-state index is 13.0. The first-order chi connectivity index (χ1) is 9.30. The van der Waals surface area contributed by atoms with Crippen LogP contribution in [-0.4, -0.2) is 23.9 Å². The predicted octanol–water partition coefficient (Wildman–Crippen LogP) is 4.25. The number of halogens is 9. The van der Waals surface area contributed by atoms with E-state index in [2.05, 4.69) is 0 Å². The lowest BCUT2D eigenvalue weighted by Crippen LogP contribution is -2.57. The van der Waals surface area contributed by atoms with Crippen LogP contribution in [0.1, 0.15) is 0 Å². The van der Waals surface area contributed by atoms with Gasteiger partial charge in [0.15, 0.2) is 0 Å². The van der Waals surface area contributed by atoms with Crippen LogP contribution in [0.2, 0.25) is 5.02 Å². The van der Waals surface area contributed by atoms with Crippen molar-refractivity contribution in [2.45, 2.75) is 18.0 Å². The molecular weight excluding hydrogens is 338 g/mol. The second-order valence-electron chi connectivity index (χ2n) is 3.73. The number of hydrogen-bond donors (Lipinski definition) is 1. The lowest BCUT2D eigenvalue weighted by atomic mass is 10.1. The highest BCUT2D eigenvalue weighted by atomic mass is 35.5. The highest BCUT2D eigenvalue weighted by Crippen LogP contribution is 2.46. The number of nitrogens with one attached hydrogen (secondary N) is 1. The fourth-order valence-corrected chi connectivity index (χ4v) is 1.28. The second kappa shape index (κ2) is 5.32. The van der Waals surface area contributed by atoms with E-state index in [4.69, 9.17) is 11.6 Å². The molecule has 0 spiro atoms. The quantitative estimate of drug-likeness (QED) is 0.818. The fourth-order valence-electron chi connectivity index (χ4n) is 1.10. The first-order valence-electron chi connectivity index (χ1n) is 4.89. The number of anilines is 1. The summed E-state index contributed by atoms with van der Waals surface area (Å²) in [6, 6.07) is 1.81. The number of benzene rings is 1. The van der Waals surface area contributed by atoms with Crippen LogP contribution in [0.15, 0.2) is 18.2 Å². The Kier molecular flexibility index (Phi) is 4.42. The molecule has 11 heteroatoms. The van der Waals surface area contributed by atoms with Crippen molar-refractivity contribution in [1.29, 1.82) is 0 Å². The molecule has 0 aliphatic rings. The molecule has 0 saturated carbocycles. The number of amides is 1. The molecule has 21 heavy (non-hydrogen) atoms. The molecule has 0 saturated heterocycles. The van der Waals surface area contributed by atoms with Gasteiger partial charge >= 0.3 is 23.9 Å². The number of carbonyl (C=O) groups excluding carboxylic acids is 1. The Hall–Kier alpha value is -1.58. The molecule has 0 unspecified atom stereocenters. The Balaban J connectivity index is 3.04. The SMILES string of the molecule is O=C(Nc1ccc(F)c(Cl)c1)C(F)(F)C(F)(F)C(F)(F)F. The average molecular weight is 342 g/mol. The molecule has 1 rings (SSSR count). The molecule has 0 aromatic heterocycles.